The minimum absolute atomic E-state index is 0.105. The molecule has 0 radical (unpaired) electrons. The Hall–Kier alpha value is -0.770. The molecule has 1 aliphatic heterocycles. The molecule has 0 saturated carbocycles. The highest BCUT2D eigenvalue weighted by atomic mass is 16.5. The van der Waals surface area contributed by atoms with Gasteiger partial charge in [-0.1, -0.05) is 13.3 Å². The van der Waals surface area contributed by atoms with E-state index in [0.717, 1.165) is 39.0 Å². The summed E-state index contributed by atoms with van der Waals surface area (Å²) >= 11 is 0. The number of hydrogen-bond donors (Lipinski definition) is 1. The number of unbranched alkanes of at least 4 members (excludes halogenated alkanes) is 1. The maximum Gasteiger partial charge on any atom is 0.317 e. The Morgan fingerprint density at radius 3 is 2.83 bits per heavy atom. The van der Waals surface area contributed by atoms with Crippen LogP contribution in [0.25, 0.3) is 0 Å². The maximum atomic E-state index is 12.1. The number of urea groups is 1. The minimum Gasteiger partial charge on any atom is -0.385 e. The molecule has 4 heteroatoms. The summed E-state index contributed by atoms with van der Waals surface area (Å²) in [4.78, 5) is 14.1. The molecular weight excluding hydrogens is 228 g/mol. The molecule has 0 aromatic carbocycles. The van der Waals surface area contributed by atoms with Crippen molar-refractivity contribution in [3.8, 4) is 0 Å². The van der Waals surface area contributed by atoms with E-state index in [0.29, 0.717) is 12.0 Å². The highest BCUT2D eigenvalue weighted by molar-refractivity contribution is 5.74. The van der Waals surface area contributed by atoms with Gasteiger partial charge in [-0.15, -0.1) is 0 Å². The smallest absolute Gasteiger partial charge is 0.317 e. The summed E-state index contributed by atoms with van der Waals surface area (Å²) in [5.74, 6) is 0.620. The number of hydrogen-bond acceptors (Lipinski definition) is 2. The van der Waals surface area contributed by atoms with Crippen LogP contribution in [0, 0.1) is 5.92 Å². The van der Waals surface area contributed by atoms with Crippen molar-refractivity contribution in [2.75, 3.05) is 26.8 Å². The third-order valence-electron chi connectivity index (χ3n) is 3.67. The van der Waals surface area contributed by atoms with Gasteiger partial charge in [0.2, 0.25) is 0 Å². The monoisotopic (exact) mass is 256 g/mol. The Morgan fingerprint density at radius 2 is 2.11 bits per heavy atom. The van der Waals surface area contributed by atoms with E-state index in [-0.39, 0.29) is 6.03 Å². The fourth-order valence-corrected chi connectivity index (χ4v) is 2.48. The highest BCUT2D eigenvalue weighted by Gasteiger charge is 2.24. The topological polar surface area (TPSA) is 41.6 Å². The first kappa shape index (κ1) is 15.3. The Bertz CT molecular complexity index is 246. The Balaban J connectivity index is 2.29. The Labute approximate surface area is 111 Å². The van der Waals surface area contributed by atoms with Crippen molar-refractivity contribution in [1.82, 2.24) is 10.2 Å². The highest BCUT2D eigenvalue weighted by Crippen LogP contribution is 2.20. The number of carbonyl (C=O) groups is 1. The van der Waals surface area contributed by atoms with Crippen LogP contribution in [-0.4, -0.2) is 43.8 Å². The molecule has 0 bridgehead atoms. The molecule has 0 aromatic heterocycles. The molecule has 0 aliphatic carbocycles. The van der Waals surface area contributed by atoms with E-state index in [9.17, 15) is 4.79 Å². The zero-order valence-electron chi connectivity index (χ0n) is 12.1. The van der Waals surface area contributed by atoms with Gasteiger partial charge in [0, 0.05) is 32.8 Å². The van der Waals surface area contributed by atoms with Crippen molar-refractivity contribution in [3.05, 3.63) is 0 Å². The van der Waals surface area contributed by atoms with Crippen LogP contribution in [0.5, 0.6) is 0 Å². The predicted molar refractivity (Wildman–Crippen MR) is 73.7 cm³/mol. The zero-order chi connectivity index (χ0) is 13.4. The lowest BCUT2D eigenvalue weighted by Gasteiger charge is -2.28. The molecule has 0 unspecified atom stereocenters. The van der Waals surface area contributed by atoms with Crippen LogP contribution in [-0.2, 0) is 4.74 Å². The van der Waals surface area contributed by atoms with Crippen LogP contribution in [0.4, 0.5) is 4.79 Å². The van der Waals surface area contributed by atoms with E-state index in [1.54, 1.807) is 7.11 Å². The molecule has 2 amide bonds. The van der Waals surface area contributed by atoms with Gasteiger partial charge < -0.3 is 15.0 Å². The van der Waals surface area contributed by atoms with Crippen molar-refractivity contribution in [2.24, 2.45) is 5.92 Å². The maximum absolute atomic E-state index is 12.1. The summed E-state index contributed by atoms with van der Waals surface area (Å²) in [6.45, 7) is 6.80. The molecule has 0 aromatic rings. The fourth-order valence-electron chi connectivity index (χ4n) is 2.48. The first-order chi connectivity index (χ1) is 8.65. The van der Waals surface area contributed by atoms with Gasteiger partial charge >= 0.3 is 6.03 Å². The van der Waals surface area contributed by atoms with Gasteiger partial charge in [0.25, 0.3) is 0 Å². The molecule has 4 nitrogen and oxygen atoms in total. The number of rotatable bonds is 5. The summed E-state index contributed by atoms with van der Waals surface area (Å²) in [5, 5.41) is 3.02. The second kappa shape index (κ2) is 8.35. The Kier molecular flexibility index (Phi) is 7.09. The van der Waals surface area contributed by atoms with E-state index in [1.165, 1.54) is 12.8 Å². The number of nitrogens with zero attached hydrogens (tertiary/aromatic N) is 1. The van der Waals surface area contributed by atoms with Crippen molar-refractivity contribution in [3.63, 3.8) is 0 Å². The van der Waals surface area contributed by atoms with E-state index < -0.39 is 0 Å². The molecule has 2 atom stereocenters. The minimum atomic E-state index is 0.105. The van der Waals surface area contributed by atoms with Gasteiger partial charge in [-0.2, -0.15) is 0 Å². The van der Waals surface area contributed by atoms with Crippen LogP contribution in [0.15, 0.2) is 0 Å². The summed E-state index contributed by atoms with van der Waals surface area (Å²) in [6.07, 6.45) is 5.59. The van der Waals surface area contributed by atoms with Crippen molar-refractivity contribution >= 4 is 6.03 Å². The van der Waals surface area contributed by atoms with Gasteiger partial charge in [0.15, 0.2) is 0 Å². The molecule has 1 aliphatic rings. The quantitative estimate of drug-likeness (QED) is 0.768. The second-order valence-corrected chi connectivity index (χ2v) is 5.47. The first-order valence-corrected chi connectivity index (χ1v) is 7.18. The lowest BCUT2D eigenvalue weighted by Crippen LogP contribution is -2.46. The summed E-state index contributed by atoms with van der Waals surface area (Å²) in [5.41, 5.74) is 0. The Morgan fingerprint density at radius 1 is 1.33 bits per heavy atom. The molecule has 1 rings (SSSR count). The van der Waals surface area contributed by atoms with E-state index >= 15 is 0 Å². The average molecular weight is 256 g/mol. The second-order valence-electron chi connectivity index (χ2n) is 5.47. The largest absolute Gasteiger partial charge is 0.385 e. The van der Waals surface area contributed by atoms with Crippen molar-refractivity contribution in [2.45, 2.75) is 52.0 Å². The molecular formula is C14H28N2O2. The molecule has 18 heavy (non-hydrogen) atoms. The van der Waals surface area contributed by atoms with Crippen LogP contribution < -0.4 is 5.32 Å². The van der Waals surface area contributed by atoms with Gasteiger partial charge in [-0.05, 0) is 38.5 Å². The fraction of sp³-hybridized carbons (Fsp3) is 0.929. The SMILES string of the molecule is COCCCCNC(=O)N1C[C@@H](C)CCC[C@H]1C. The molecule has 1 fully saturated rings. The first-order valence-electron chi connectivity index (χ1n) is 7.18. The predicted octanol–water partition coefficient (Wildman–Crippen LogP) is 2.63. The van der Waals surface area contributed by atoms with Crippen molar-refractivity contribution in [1.29, 1.82) is 0 Å². The standard InChI is InChI=1S/C14H28N2O2/c1-12-7-6-8-13(2)16(11-12)14(17)15-9-4-5-10-18-3/h12-13H,4-11H2,1-3H3,(H,15,17)/t12-,13+/m0/s1. The zero-order valence-corrected chi connectivity index (χ0v) is 12.1. The van der Waals surface area contributed by atoms with Crippen LogP contribution in [0.2, 0.25) is 0 Å². The number of methoxy groups -OCH3 is 1. The van der Waals surface area contributed by atoms with Gasteiger partial charge in [-0.25, -0.2) is 4.79 Å². The summed E-state index contributed by atoms with van der Waals surface area (Å²) in [6, 6.07) is 0.475. The van der Waals surface area contributed by atoms with Crippen LogP contribution in [0.3, 0.4) is 0 Å². The third-order valence-corrected chi connectivity index (χ3v) is 3.67. The third kappa shape index (κ3) is 5.25. The number of likely N-dealkylation sites (tertiary alicyclic amines) is 1. The van der Waals surface area contributed by atoms with Crippen molar-refractivity contribution < 1.29 is 9.53 Å². The summed E-state index contributed by atoms with van der Waals surface area (Å²) < 4.78 is 4.99. The van der Waals surface area contributed by atoms with Gasteiger partial charge in [0.1, 0.15) is 0 Å². The molecule has 106 valence electrons. The lowest BCUT2D eigenvalue weighted by atomic mass is 10.1. The molecule has 0 spiro atoms. The lowest BCUT2D eigenvalue weighted by molar-refractivity contribution is 0.171. The number of nitrogens with one attached hydrogen (secondary N) is 1. The van der Waals surface area contributed by atoms with E-state index in [2.05, 4.69) is 19.2 Å². The van der Waals surface area contributed by atoms with Crippen LogP contribution >= 0.6 is 0 Å². The normalized spacial score (nSPS) is 24.7. The molecule has 1 saturated heterocycles. The number of amides is 2. The summed E-state index contributed by atoms with van der Waals surface area (Å²) in [7, 11) is 1.71. The van der Waals surface area contributed by atoms with Gasteiger partial charge in [0.05, 0.1) is 0 Å². The average Bonchev–Trinajstić information content (AvgIpc) is 2.51. The molecule has 1 N–H and O–H groups in total. The van der Waals surface area contributed by atoms with Crippen LogP contribution in [0.1, 0.15) is 46.0 Å². The number of ether oxygens (including phenoxy) is 1. The van der Waals surface area contributed by atoms with E-state index in [1.807, 2.05) is 4.90 Å². The number of carbonyl (C=O) groups excluding carboxylic acids is 1. The van der Waals surface area contributed by atoms with Gasteiger partial charge in [-0.3, -0.25) is 0 Å². The molecule has 1 heterocycles. The van der Waals surface area contributed by atoms with E-state index in [4.69, 9.17) is 4.74 Å².